The van der Waals surface area contributed by atoms with Gasteiger partial charge in [0.1, 0.15) is 0 Å². The van der Waals surface area contributed by atoms with E-state index < -0.39 is 0 Å². The molecule has 0 aliphatic carbocycles. The van der Waals surface area contributed by atoms with E-state index in [1.807, 2.05) is 6.92 Å². The summed E-state index contributed by atoms with van der Waals surface area (Å²) in [6.07, 6.45) is 0.829. The molecule has 0 aliphatic rings. The van der Waals surface area contributed by atoms with Gasteiger partial charge in [0.05, 0.1) is 21.6 Å². The minimum Gasteiger partial charge on any atom is -0.392 e. The summed E-state index contributed by atoms with van der Waals surface area (Å²) < 4.78 is 0. The van der Waals surface area contributed by atoms with E-state index in [0.717, 1.165) is 6.42 Å². The largest absolute Gasteiger partial charge is 0.392 e. The van der Waals surface area contributed by atoms with E-state index >= 15 is 0 Å². The molecule has 0 bridgehead atoms. The third-order valence-corrected chi connectivity index (χ3v) is 3.16. The van der Waals surface area contributed by atoms with Crippen LogP contribution in [0, 0.1) is 0 Å². The van der Waals surface area contributed by atoms with Crippen LogP contribution in [0.25, 0.3) is 0 Å². The number of carbonyl (C=O) groups is 1. The Balaban J connectivity index is 2.93. The molecule has 1 rings (SSSR count). The molecule has 0 aliphatic heterocycles. The second-order valence-corrected chi connectivity index (χ2v) is 5.16. The minimum absolute atomic E-state index is 0.150. The van der Waals surface area contributed by atoms with Crippen molar-refractivity contribution in [3.05, 3.63) is 33.8 Å². The number of thiocarbonyl (C=S) groups is 1. The lowest BCUT2D eigenvalue weighted by Gasteiger charge is -2.21. The van der Waals surface area contributed by atoms with Crippen LogP contribution in [0.3, 0.4) is 0 Å². The van der Waals surface area contributed by atoms with E-state index in [9.17, 15) is 4.79 Å². The molecule has 1 aromatic rings. The van der Waals surface area contributed by atoms with Crippen molar-refractivity contribution in [3.8, 4) is 0 Å². The lowest BCUT2D eigenvalue weighted by atomic mass is 10.2. The maximum Gasteiger partial charge on any atom is 0.254 e. The van der Waals surface area contributed by atoms with E-state index in [-0.39, 0.29) is 17.4 Å². The van der Waals surface area contributed by atoms with Crippen LogP contribution in [0.15, 0.2) is 18.2 Å². The Morgan fingerprint density at radius 3 is 2.56 bits per heavy atom. The molecule has 0 saturated heterocycles. The second-order valence-electron chi connectivity index (χ2n) is 3.82. The summed E-state index contributed by atoms with van der Waals surface area (Å²) in [7, 11) is 0. The van der Waals surface area contributed by atoms with E-state index in [4.69, 9.17) is 41.2 Å². The lowest BCUT2D eigenvalue weighted by Crippen LogP contribution is -2.38. The zero-order valence-corrected chi connectivity index (χ0v) is 12.3. The molecule has 0 atom stereocenters. The van der Waals surface area contributed by atoms with Crippen LogP contribution >= 0.6 is 35.4 Å². The zero-order chi connectivity index (χ0) is 13.7. The minimum atomic E-state index is -0.150. The average molecular weight is 305 g/mol. The monoisotopic (exact) mass is 304 g/mol. The number of carbonyl (C=O) groups excluding carboxylic acids is 1. The van der Waals surface area contributed by atoms with Crippen molar-refractivity contribution in [1.29, 1.82) is 0 Å². The van der Waals surface area contributed by atoms with Gasteiger partial charge >= 0.3 is 0 Å². The molecular formula is C12H14Cl2N2OS. The molecule has 0 radical (unpaired) electrons. The summed E-state index contributed by atoms with van der Waals surface area (Å²) in [5.41, 5.74) is 5.96. The number of halogens is 2. The molecule has 0 heterocycles. The summed E-state index contributed by atoms with van der Waals surface area (Å²) in [6, 6.07) is 4.79. The van der Waals surface area contributed by atoms with E-state index in [0.29, 0.717) is 22.2 Å². The number of benzene rings is 1. The van der Waals surface area contributed by atoms with Crippen molar-refractivity contribution < 1.29 is 4.79 Å². The Morgan fingerprint density at radius 1 is 1.39 bits per heavy atom. The van der Waals surface area contributed by atoms with Crippen molar-refractivity contribution in [3.63, 3.8) is 0 Å². The van der Waals surface area contributed by atoms with Crippen molar-refractivity contribution in [2.75, 3.05) is 13.1 Å². The summed E-state index contributed by atoms with van der Waals surface area (Å²) in [5, 5.41) is 0.777. The van der Waals surface area contributed by atoms with Gasteiger partial charge in [-0.15, -0.1) is 0 Å². The highest BCUT2D eigenvalue weighted by atomic mass is 35.5. The van der Waals surface area contributed by atoms with Gasteiger partial charge in [-0.3, -0.25) is 4.79 Å². The fourth-order valence-corrected chi connectivity index (χ4v) is 1.98. The van der Waals surface area contributed by atoms with Gasteiger partial charge < -0.3 is 10.6 Å². The smallest absolute Gasteiger partial charge is 0.254 e. The number of nitrogens with zero attached hydrogens (tertiary/aromatic N) is 1. The van der Waals surface area contributed by atoms with Gasteiger partial charge in [0.15, 0.2) is 0 Å². The van der Waals surface area contributed by atoms with Crippen molar-refractivity contribution in [2.24, 2.45) is 5.73 Å². The standard InChI is InChI=1S/C12H14Cl2N2OS/c1-2-5-16(7-11(15)18)12(17)8-3-4-9(13)10(14)6-8/h3-4,6H,2,5,7H2,1H3,(H2,15,18). The summed E-state index contributed by atoms with van der Waals surface area (Å²) in [6.45, 7) is 2.84. The Bertz CT molecular complexity index is 465. The van der Waals surface area contributed by atoms with Crippen LogP contribution in [-0.2, 0) is 0 Å². The van der Waals surface area contributed by atoms with Gasteiger partial charge in [-0.1, -0.05) is 42.3 Å². The number of amides is 1. The summed E-state index contributed by atoms with van der Waals surface area (Å²) >= 11 is 16.5. The molecule has 0 unspecified atom stereocenters. The Morgan fingerprint density at radius 2 is 2.06 bits per heavy atom. The predicted octanol–water partition coefficient (Wildman–Crippen LogP) is 3.13. The van der Waals surface area contributed by atoms with Crippen molar-refractivity contribution in [2.45, 2.75) is 13.3 Å². The number of hydrogen-bond acceptors (Lipinski definition) is 2. The molecule has 98 valence electrons. The Hall–Kier alpha value is -0.840. The van der Waals surface area contributed by atoms with Gasteiger partial charge in [0.2, 0.25) is 0 Å². The first kappa shape index (κ1) is 15.2. The van der Waals surface area contributed by atoms with Gasteiger partial charge in [0.25, 0.3) is 5.91 Å². The third-order valence-electron chi connectivity index (χ3n) is 2.29. The normalized spacial score (nSPS) is 10.2. The van der Waals surface area contributed by atoms with Crippen LogP contribution in [0.1, 0.15) is 23.7 Å². The fourth-order valence-electron chi connectivity index (χ4n) is 1.52. The Kier molecular flexibility index (Phi) is 5.85. The van der Waals surface area contributed by atoms with Gasteiger partial charge in [0, 0.05) is 12.1 Å². The van der Waals surface area contributed by atoms with Crippen LogP contribution in [-0.4, -0.2) is 28.9 Å². The van der Waals surface area contributed by atoms with E-state index in [1.54, 1.807) is 23.1 Å². The number of hydrogen-bond donors (Lipinski definition) is 1. The average Bonchev–Trinajstić information content (AvgIpc) is 2.31. The topological polar surface area (TPSA) is 46.3 Å². The van der Waals surface area contributed by atoms with Gasteiger partial charge in [-0.2, -0.15) is 0 Å². The quantitative estimate of drug-likeness (QED) is 0.850. The van der Waals surface area contributed by atoms with Crippen LogP contribution in [0.2, 0.25) is 10.0 Å². The zero-order valence-electron chi connectivity index (χ0n) is 9.95. The molecule has 0 spiro atoms. The lowest BCUT2D eigenvalue weighted by molar-refractivity contribution is 0.0780. The molecule has 0 saturated carbocycles. The molecule has 18 heavy (non-hydrogen) atoms. The predicted molar refractivity (Wildman–Crippen MR) is 79.4 cm³/mol. The fraction of sp³-hybridized carbons (Fsp3) is 0.333. The molecule has 2 N–H and O–H groups in total. The maximum absolute atomic E-state index is 12.2. The third kappa shape index (κ3) is 4.12. The van der Waals surface area contributed by atoms with E-state index in [2.05, 4.69) is 0 Å². The van der Waals surface area contributed by atoms with Crippen molar-refractivity contribution in [1.82, 2.24) is 4.90 Å². The number of nitrogens with two attached hydrogens (primary N) is 1. The van der Waals surface area contributed by atoms with Crippen molar-refractivity contribution >= 4 is 46.3 Å². The molecular weight excluding hydrogens is 291 g/mol. The highest BCUT2D eigenvalue weighted by molar-refractivity contribution is 7.80. The van der Waals surface area contributed by atoms with Crippen LogP contribution < -0.4 is 5.73 Å². The first-order chi connectivity index (χ1) is 8.45. The highest BCUT2D eigenvalue weighted by Gasteiger charge is 2.16. The van der Waals surface area contributed by atoms with Crippen LogP contribution in [0.5, 0.6) is 0 Å². The molecule has 1 amide bonds. The SMILES string of the molecule is CCCN(CC(N)=S)C(=O)c1ccc(Cl)c(Cl)c1. The summed E-state index contributed by atoms with van der Waals surface area (Å²) in [5.74, 6) is -0.150. The second kappa shape index (κ2) is 6.92. The van der Waals surface area contributed by atoms with Gasteiger partial charge in [-0.05, 0) is 24.6 Å². The number of rotatable bonds is 5. The first-order valence-electron chi connectivity index (χ1n) is 5.48. The molecule has 6 heteroatoms. The first-order valence-corrected chi connectivity index (χ1v) is 6.64. The van der Waals surface area contributed by atoms with Gasteiger partial charge in [-0.25, -0.2) is 0 Å². The molecule has 1 aromatic carbocycles. The molecule has 0 fully saturated rings. The molecule has 0 aromatic heterocycles. The maximum atomic E-state index is 12.2. The van der Waals surface area contributed by atoms with Crippen LogP contribution in [0.4, 0.5) is 0 Å². The molecule has 3 nitrogen and oxygen atoms in total. The highest BCUT2D eigenvalue weighted by Crippen LogP contribution is 2.23. The van der Waals surface area contributed by atoms with E-state index in [1.165, 1.54) is 0 Å². The summed E-state index contributed by atoms with van der Waals surface area (Å²) in [4.78, 5) is 14.1. The Labute approximate surface area is 122 Å².